The summed E-state index contributed by atoms with van der Waals surface area (Å²) in [6.45, 7) is 1.57. The van der Waals surface area contributed by atoms with E-state index in [4.69, 9.17) is 4.74 Å². The minimum atomic E-state index is -1.38. The van der Waals surface area contributed by atoms with Crippen molar-refractivity contribution in [2.24, 2.45) is 0 Å². The van der Waals surface area contributed by atoms with E-state index in [2.05, 4.69) is 4.98 Å². The number of rotatable bonds is 4. The second-order valence-corrected chi connectivity index (χ2v) is 5.53. The normalized spacial score (nSPS) is 20.9. The lowest BCUT2D eigenvalue weighted by Crippen LogP contribution is -2.37. The van der Waals surface area contributed by atoms with Gasteiger partial charge in [-0.05, 0) is 13.0 Å². The average molecular weight is 328 g/mol. The first kappa shape index (κ1) is 16.1. The molecule has 124 valence electrons. The summed E-state index contributed by atoms with van der Waals surface area (Å²) in [4.78, 5) is 37.7. The Labute approximate surface area is 136 Å². The number of Topliss-reactive ketones (excluding diaryl/α,β-unsaturated/α-hetero) is 1. The van der Waals surface area contributed by atoms with E-state index in [9.17, 15) is 19.5 Å². The highest BCUT2D eigenvalue weighted by Gasteiger charge is 2.32. The Hall–Kier alpha value is -2.77. The number of ether oxygens (including phenoxy) is 1. The van der Waals surface area contributed by atoms with Crippen LogP contribution in [0.2, 0.25) is 0 Å². The zero-order chi connectivity index (χ0) is 17.3. The van der Waals surface area contributed by atoms with Gasteiger partial charge in [0.15, 0.2) is 12.0 Å². The molecule has 2 N–H and O–H groups in total. The van der Waals surface area contributed by atoms with Gasteiger partial charge in [-0.25, -0.2) is 4.79 Å². The predicted octanol–water partition coefficient (Wildman–Crippen LogP) is 0.542. The van der Waals surface area contributed by atoms with E-state index < -0.39 is 35.5 Å². The van der Waals surface area contributed by atoms with E-state index in [0.29, 0.717) is 11.1 Å². The summed E-state index contributed by atoms with van der Waals surface area (Å²) in [6.07, 6.45) is 1.42. The van der Waals surface area contributed by atoms with Crippen molar-refractivity contribution >= 4 is 5.78 Å². The number of benzene rings is 1. The van der Waals surface area contributed by atoms with Crippen molar-refractivity contribution in [1.29, 1.82) is 0 Å². The molecule has 24 heavy (non-hydrogen) atoms. The molecule has 0 fully saturated rings. The third kappa shape index (κ3) is 2.99. The molecule has 0 spiro atoms. The molecule has 1 aliphatic heterocycles. The number of nitrogens with zero attached hydrogens (tertiary/aromatic N) is 1. The maximum atomic E-state index is 12.3. The number of hydrogen-bond donors (Lipinski definition) is 2. The van der Waals surface area contributed by atoms with Gasteiger partial charge < -0.3 is 9.84 Å². The number of aliphatic hydroxyl groups excluding tert-OH is 1. The van der Waals surface area contributed by atoms with E-state index in [1.807, 2.05) is 0 Å². The van der Waals surface area contributed by atoms with Crippen LogP contribution in [0.1, 0.15) is 22.1 Å². The van der Waals surface area contributed by atoms with Crippen LogP contribution in [0.3, 0.4) is 0 Å². The Morgan fingerprint density at radius 1 is 1.25 bits per heavy atom. The van der Waals surface area contributed by atoms with Crippen LogP contribution in [0, 0.1) is 6.92 Å². The predicted molar refractivity (Wildman–Crippen MR) is 85.9 cm³/mol. The van der Waals surface area contributed by atoms with Gasteiger partial charge in [0.25, 0.3) is 5.56 Å². The Bertz CT molecular complexity index is 897. The molecule has 0 radical (unpaired) electrons. The van der Waals surface area contributed by atoms with Crippen LogP contribution in [0.15, 0.2) is 58.3 Å². The lowest BCUT2D eigenvalue weighted by Gasteiger charge is -2.19. The summed E-state index contributed by atoms with van der Waals surface area (Å²) in [6, 6.07) is 8.40. The largest absolute Gasteiger partial charge is 0.382 e. The van der Waals surface area contributed by atoms with Gasteiger partial charge in [0.1, 0.15) is 12.2 Å². The van der Waals surface area contributed by atoms with Crippen LogP contribution in [-0.4, -0.2) is 32.6 Å². The van der Waals surface area contributed by atoms with E-state index >= 15 is 0 Å². The minimum absolute atomic E-state index is 0.357. The Morgan fingerprint density at radius 2 is 1.96 bits per heavy atom. The van der Waals surface area contributed by atoms with Gasteiger partial charge in [-0.1, -0.05) is 36.4 Å². The molecule has 0 saturated carbocycles. The van der Waals surface area contributed by atoms with Gasteiger partial charge in [-0.3, -0.25) is 19.1 Å². The molecule has 7 nitrogen and oxygen atoms in total. The number of carbonyl (C=O) groups is 1. The second kappa shape index (κ2) is 6.38. The zero-order valence-electron chi connectivity index (χ0n) is 12.9. The van der Waals surface area contributed by atoms with Gasteiger partial charge >= 0.3 is 5.69 Å². The van der Waals surface area contributed by atoms with Crippen molar-refractivity contribution in [1.82, 2.24) is 9.55 Å². The number of aromatic amines is 1. The smallest absolute Gasteiger partial charge is 0.330 e. The monoisotopic (exact) mass is 328 g/mol. The molecule has 7 heteroatoms. The van der Waals surface area contributed by atoms with Crippen LogP contribution >= 0.6 is 0 Å². The SMILES string of the molecule is Cc1cn([C@H]2C=C[C@@H]([C@@H](O)C(=O)c3ccccc3)O2)c(=O)[nH]c1=O. The quantitative estimate of drug-likeness (QED) is 0.630. The highest BCUT2D eigenvalue weighted by Crippen LogP contribution is 2.23. The summed E-state index contributed by atoms with van der Waals surface area (Å²) in [7, 11) is 0. The zero-order valence-corrected chi connectivity index (χ0v) is 12.9. The van der Waals surface area contributed by atoms with Crippen molar-refractivity contribution in [3.63, 3.8) is 0 Å². The van der Waals surface area contributed by atoms with Crippen LogP contribution in [0.5, 0.6) is 0 Å². The molecule has 3 atom stereocenters. The second-order valence-electron chi connectivity index (χ2n) is 5.53. The van der Waals surface area contributed by atoms with Crippen LogP contribution < -0.4 is 11.2 Å². The Balaban J connectivity index is 1.78. The fraction of sp³-hybridized carbons (Fsp3) is 0.235. The topological polar surface area (TPSA) is 101 Å². The third-order valence-electron chi connectivity index (χ3n) is 3.82. The molecule has 0 amide bonds. The van der Waals surface area contributed by atoms with E-state index in [0.717, 1.165) is 0 Å². The number of ketones is 1. The average Bonchev–Trinajstić information content (AvgIpc) is 3.07. The summed E-state index contributed by atoms with van der Waals surface area (Å²) in [5.74, 6) is -0.462. The van der Waals surface area contributed by atoms with Gasteiger partial charge in [-0.2, -0.15) is 0 Å². The highest BCUT2D eigenvalue weighted by atomic mass is 16.5. The standard InChI is InChI=1S/C17H16N2O5/c1-10-9-19(17(23)18-16(10)22)13-8-7-12(24-13)15(21)14(20)11-5-3-2-4-6-11/h2-9,12-13,15,21H,1H3,(H,18,22,23)/t12-,13+,15+/m0/s1. The van der Waals surface area contributed by atoms with E-state index in [1.165, 1.54) is 16.8 Å². The molecule has 1 aromatic heterocycles. The fourth-order valence-electron chi connectivity index (χ4n) is 2.49. The molecule has 0 unspecified atom stereocenters. The van der Waals surface area contributed by atoms with Crippen LogP contribution in [0.25, 0.3) is 0 Å². The Kier molecular flexibility index (Phi) is 4.28. The first-order valence-corrected chi connectivity index (χ1v) is 7.40. The molecule has 0 saturated heterocycles. The number of aryl methyl sites for hydroxylation is 1. The van der Waals surface area contributed by atoms with Gasteiger partial charge in [0.2, 0.25) is 0 Å². The van der Waals surface area contributed by atoms with Crippen molar-refractivity contribution in [2.45, 2.75) is 25.4 Å². The van der Waals surface area contributed by atoms with E-state index in [-0.39, 0.29) is 0 Å². The van der Waals surface area contributed by atoms with Crippen LogP contribution in [-0.2, 0) is 4.74 Å². The fourth-order valence-corrected chi connectivity index (χ4v) is 2.49. The molecule has 2 aromatic rings. The molecule has 0 aliphatic carbocycles. The highest BCUT2D eigenvalue weighted by molar-refractivity contribution is 5.99. The summed E-state index contributed by atoms with van der Waals surface area (Å²) >= 11 is 0. The summed E-state index contributed by atoms with van der Waals surface area (Å²) in [5.41, 5.74) is -0.350. The molecule has 2 heterocycles. The lowest BCUT2D eigenvalue weighted by molar-refractivity contribution is -0.0380. The van der Waals surface area contributed by atoms with Gasteiger partial charge in [0.05, 0.1) is 0 Å². The Morgan fingerprint density at radius 3 is 2.67 bits per heavy atom. The molecule has 0 bridgehead atoms. The van der Waals surface area contributed by atoms with Gasteiger partial charge in [-0.15, -0.1) is 0 Å². The molecular formula is C17H16N2O5. The first-order valence-electron chi connectivity index (χ1n) is 7.40. The number of H-pyrrole nitrogens is 1. The minimum Gasteiger partial charge on any atom is -0.382 e. The maximum Gasteiger partial charge on any atom is 0.330 e. The van der Waals surface area contributed by atoms with Crippen molar-refractivity contribution in [2.75, 3.05) is 0 Å². The molecule has 3 rings (SSSR count). The third-order valence-corrected chi connectivity index (χ3v) is 3.82. The van der Waals surface area contributed by atoms with Crippen molar-refractivity contribution in [3.05, 3.63) is 80.6 Å². The van der Waals surface area contributed by atoms with Gasteiger partial charge in [0, 0.05) is 17.3 Å². The number of hydrogen-bond acceptors (Lipinski definition) is 5. The number of aromatic nitrogens is 2. The molecule has 1 aliphatic rings. The molecular weight excluding hydrogens is 312 g/mol. The maximum absolute atomic E-state index is 12.3. The lowest BCUT2D eigenvalue weighted by atomic mass is 10.0. The number of aliphatic hydroxyl groups is 1. The van der Waals surface area contributed by atoms with Crippen molar-refractivity contribution < 1.29 is 14.6 Å². The van der Waals surface area contributed by atoms with Crippen molar-refractivity contribution in [3.8, 4) is 0 Å². The molecule has 1 aromatic carbocycles. The van der Waals surface area contributed by atoms with E-state index in [1.54, 1.807) is 43.3 Å². The number of nitrogens with one attached hydrogen (secondary N) is 1. The number of carbonyl (C=O) groups excluding carboxylic acids is 1. The first-order chi connectivity index (χ1) is 11.5. The summed E-state index contributed by atoms with van der Waals surface area (Å²) in [5, 5.41) is 10.2. The summed E-state index contributed by atoms with van der Waals surface area (Å²) < 4.78 is 6.79. The van der Waals surface area contributed by atoms with Crippen LogP contribution in [0.4, 0.5) is 0 Å².